The summed E-state index contributed by atoms with van der Waals surface area (Å²) in [6.45, 7) is 0. The van der Waals surface area contributed by atoms with Crippen LogP contribution in [0.1, 0.15) is 18.1 Å². The molecule has 0 spiro atoms. The number of hydrogen-bond donors (Lipinski definition) is 1. The molecule has 2 rings (SSSR count). The Morgan fingerprint density at radius 1 is 1.85 bits per heavy atom. The van der Waals surface area contributed by atoms with E-state index >= 15 is 0 Å². The summed E-state index contributed by atoms with van der Waals surface area (Å²) < 4.78 is 9.76. The molecule has 0 amide bonds. The smallest absolute Gasteiger partial charge is 0.326 e. The highest BCUT2D eigenvalue weighted by Crippen LogP contribution is 2.50. The molecule has 1 aliphatic carbocycles. The van der Waals surface area contributed by atoms with Crippen molar-refractivity contribution in [1.29, 1.82) is 0 Å². The van der Waals surface area contributed by atoms with Crippen LogP contribution >= 0.6 is 0 Å². The molecule has 1 aromatic rings. The van der Waals surface area contributed by atoms with E-state index in [2.05, 4.69) is 4.74 Å². The van der Waals surface area contributed by atoms with Gasteiger partial charge in [0, 0.05) is 5.92 Å². The second-order valence-electron chi connectivity index (χ2n) is 3.30. The maximum atomic E-state index is 11.2. The van der Waals surface area contributed by atoms with E-state index < -0.39 is 5.54 Å². The van der Waals surface area contributed by atoms with Gasteiger partial charge in [-0.25, -0.2) is 0 Å². The van der Waals surface area contributed by atoms with Crippen LogP contribution in [0.3, 0.4) is 0 Å². The first-order valence-corrected chi connectivity index (χ1v) is 4.09. The SMILES string of the molecule is COC(=O)C1(N)CC1c1ccco1. The van der Waals surface area contributed by atoms with Gasteiger partial charge >= 0.3 is 5.97 Å². The third kappa shape index (κ3) is 1.14. The molecule has 1 fully saturated rings. The molecule has 4 nitrogen and oxygen atoms in total. The van der Waals surface area contributed by atoms with Crippen LogP contribution in [-0.2, 0) is 9.53 Å². The highest BCUT2D eigenvalue weighted by atomic mass is 16.5. The van der Waals surface area contributed by atoms with E-state index in [1.807, 2.05) is 6.07 Å². The van der Waals surface area contributed by atoms with Crippen LogP contribution in [0.5, 0.6) is 0 Å². The van der Waals surface area contributed by atoms with Gasteiger partial charge in [-0.1, -0.05) is 0 Å². The van der Waals surface area contributed by atoms with Gasteiger partial charge in [0.25, 0.3) is 0 Å². The first-order chi connectivity index (χ1) is 6.18. The number of carbonyl (C=O) groups excluding carboxylic acids is 1. The van der Waals surface area contributed by atoms with Crippen molar-refractivity contribution in [3.8, 4) is 0 Å². The van der Waals surface area contributed by atoms with Crippen LogP contribution in [0, 0.1) is 0 Å². The lowest BCUT2D eigenvalue weighted by molar-refractivity contribution is -0.143. The lowest BCUT2D eigenvalue weighted by Crippen LogP contribution is -2.35. The van der Waals surface area contributed by atoms with Crippen molar-refractivity contribution in [2.24, 2.45) is 5.73 Å². The van der Waals surface area contributed by atoms with Gasteiger partial charge in [0.05, 0.1) is 13.4 Å². The fourth-order valence-corrected chi connectivity index (χ4v) is 1.54. The quantitative estimate of drug-likeness (QED) is 0.680. The molecule has 1 aliphatic rings. The molecular formula is C9H11NO3. The molecule has 0 aliphatic heterocycles. The van der Waals surface area contributed by atoms with E-state index in [1.54, 1.807) is 12.3 Å². The maximum absolute atomic E-state index is 11.2. The molecule has 1 saturated carbocycles. The molecule has 0 bridgehead atoms. The van der Waals surface area contributed by atoms with Crippen molar-refractivity contribution in [2.45, 2.75) is 17.9 Å². The molecule has 1 heterocycles. The Kier molecular flexibility index (Phi) is 1.66. The summed E-state index contributed by atoms with van der Waals surface area (Å²) in [6.07, 6.45) is 2.18. The van der Waals surface area contributed by atoms with Crippen molar-refractivity contribution in [1.82, 2.24) is 0 Å². The molecule has 0 aromatic carbocycles. The summed E-state index contributed by atoms with van der Waals surface area (Å²) in [5.74, 6) is 0.372. The van der Waals surface area contributed by atoms with Gasteiger partial charge in [0.1, 0.15) is 11.3 Å². The summed E-state index contributed by atoms with van der Waals surface area (Å²) in [4.78, 5) is 11.2. The van der Waals surface area contributed by atoms with Crippen LogP contribution in [0.15, 0.2) is 22.8 Å². The first-order valence-electron chi connectivity index (χ1n) is 4.09. The van der Waals surface area contributed by atoms with Crippen molar-refractivity contribution < 1.29 is 13.9 Å². The number of ether oxygens (including phenoxy) is 1. The minimum atomic E-state index is -0.855. The highest BCUT2D eigenvalue weighted by molar-refractivity contribution is 5.86. The number of furan rings is 1. The summed E-state index contributed by atoms with van der Waals surface area (Å²) in [5.41, 5.74) is 4.95. The molecule has 2 unspecified atom stereocenters. The summed E-state index contributed by atoms with van der Waals surface area (Å²) in [5, 5.41) is 0. The molecule has 0 radical (unpaired) electrons. The van der Waals surface area contributed by atoms with Gasteiger partial charge in [-0.2, -0.15) is 0 Å². The van der Waals surface area contributed by atoms with E-state index in [1.165, 1.54) is 7.11 Å². The minimum absolute atomic E-state index is 0.0186. The molecular weight excluding hydrogens is 170 g/mol. The van der Waals surface area contributed by atoms with E-state index in [-0.39, 0.29) is 11.9 Å². The average Bonchev–Trinajstić information content (AvgIpc) is 2.65. The Balaban J connectivity index is 2.14. The summed E-state index contributed by atoms with van der Waals surface area (Å²) in [6, 6.07) is 3.60. The second kappa shape index (κ2) is 2.60. The van der Waals surface area contributed by atoms with Crippen LogP contribution in [0.25, 0.3) is 0 Å². The lowest BCUT2D eigenvalue weighted by atomic mass is 10.2. The van der Waals surface area contributed by atoms with Crippen molar-refractivity contribution in [3.63, 3.8) is 0 Å². The Morgan fingerprint density at radius 3 is 3.15 bits per heavy atom. The molecule has 2 atom stereocenters. The zero-order chi connectivity index (χ0) is 9.47. The highest BCUT2D eigenvalue weighted by Gasteiger charge is 2.60. The minimum Gasteiger partial charge on any atom is -0.469 e. The third-order valence-electron chi connectivity index (χ3n) is 2.46. The zero-order valence-corrected chi connectivity index (χ0v) is 7.32. The van der Waals surface area contributed by atoms with Gasteiger partial charge in [0.2, 0.25) is 0 Å². The van der Waals surface area contributed by atoms with Gasteiger partial charge in [-0.15, -0.1) is 0 Å². The molecule has 4 heteroatoms. The van der Waals surface area contributed by atoms with Gasteiger partial charge in [0.15, 0.2) is 0 Å². The number of carbonyl (C=O) groups is 1. The van der Waals surface area contributed by atoms with Crippen molar-refractivity contribution in [2.75, 3.05) is 7.11 Å². The van der Waals surface area contributed by atoms with Crippen LogP contribution in [0.4, 0.5) is 0 Å². The predicted octanol–water partition coefficient (Wildman–Crippen LogP) is 0.637. The second-order valence-corrected chi connectivity index (χ2v) is 3.30. The summed E-state index contributed by atoms with van der Waals surface area (Å²) >= 11 is 0. The first kappa shape index (κ1) is 8.31. The van der Waals surface area contributed by atoms with E-state index in [9.17, 15) is 4.79 Å². The number of nitrogens with two attached hydrogens (primary N) is 1. The molecule has 70 valence electrons. The molecule has 1 aromatic heterocycles. The van der Waals surface area contributed by atoms with Gasteiger partial charge < -0.3 is 14.9 Å². The largest absolute Gasteiger partial charge is 0.469 e. The predicted molar refractivity (Wildman–Crippen MR) is 45.0 cm³/mol. The summed E-state index contributed by atoms with van der Waals surface area (Å²) in [7, 11) is 1.34. The fraction of sp³-hybridized carbons (Fsp3) is 0.444. The number of esters is 1. The fourth-order valence-electron chi connectivity index (χ4n) is 1.54. The zero-order valence-electron chi connectivity index (χ0n) is 7.32. The monoisotopic (exact) mass is 181 g/mol. The van der Waals surface area contributed by atoms with Crippen LogP contribution < -0.4 is 5.73 Å². The van der Waals surface area contributed by atoms with Crippen molar-refractivity contribution >= 4 is 5.97 Å². The van der Waals surface area contributed by atoms with E-state index in [0.717, 1.165) is 5.76 Å². The van der Waals surface area contributed by atoms with Gasteiger partial charge in [-0.3, -0.25) is 4.79 Å². The Morgan fingerprint density at radius 2 is 2.62 bits per heavy atom. The molecule has 13 heavy (non-hydrogen) atoms. The Hall–Kier alpha value is -1.29. The number of methoxy groups -OCH3 is 1. The normalized spacial score (nSPS) is 31.4. The van der Waals surface area contributed by atoms with Crippen molar-refractivity contribution in [3.05, 3.63) is 24.2 Å². The van der Waals surface area contributed by atoms with Crippen LogP contribution in [0.2, 0.25) is 0 Å². The van der Waals surface area contributed by atoms with Gasteiger partial charge in [-0.05, 0) is 18.6 Å². The molecule has 2 N–H and O–H groups in total. The molecule has 0 saturated heterocycles. The Bertz CT molecular complexity index is 320. The van der Waals surface area contributed by atoms with Crippen LogP contribution in [-0.4, -0.2) is 18.6 Å². The van der Waals surface area contributed by atoms with E-state index in [4.69, 9.17) is 10.2 Å². The number of hydrogen-bond acceptors (Lipinski definition) is 4. The third-order valence-corrected chi connectivity index (χ3v) is 2.46. The Labute approximate surface area is 75.7 Å². The number of rotatable bonds is 2. The topological polar surface area (TPSA) is 65.5 Å². The lowest BCUT2D eigenvalue weighted by Gasteiger charge is -2.06. The standard InChI is InChI=1S/C9H11NO3/c1-12-8(11)9(10)5-6(9)7-3-2-4-13-7/h2-4,6H,5,10H2,1H3. The van der Waals surface area contributed by atoms with E-state index in [0.29, 0.717) is 6.42 Å². The average molecular weight is 181 g/mol. The maximum Gasteiger partial charge on any atom is 0.326 e.